The van der Waals surface area contributed by atoms with Crippen LogP contribution in [0.2, 0.25) is 0 Å². The van der Waals surface area contributed by atoms with E-state index in [0.717, 1.165) is 0 Å². The lowest BCUT2D eigenvalue weighted by Crippen LogP contribution is -2.25. The fraction of sp³-hybridized carbons (Fsp3) is 0.444. The summed E-state index contributed by atoms with van der Waals surface area (Å²) in [5.41, 5.74) is 5.92. The molecular weight excluding hydrogens is 212 g/mol. The summed E-state index contributed by atoms with van der Waals surface area (Å²) in [4.78, 5) is 11.4. The van der Waals surface area contributed by atoms with Crippen molar-refractivity contribution in [2.45, 2.75) is 19.8 Å². The van der Waals surface area contributed by atoms with Gasteiger partial charge in [0.2, 0.25) is 5.76 Å². The van der Waals surface area contributed by atoms with E-state index in [1.807, 2.05) is 0 Å². The molecule has 16 heavy (non-hydrogen) atoms. The first kappa shape index (κ1) is 12.0. The van der Waals surface area contributed by atoms with Crippen LogP contribution in [-0.2, 0) is 0 Å². The predicted molar refractivity (Wildman–Crippen MR) is 56.2 cm³/mol. The van der Waals surface area contributed by atoms with Gasteiger partial charge in [0, 0.05) is 19.0 Å². The highest BCUT2D eigenvalue weighted by Gasteiger charge is 2.10. The van der Waals surface area contributed by atoms with Gasteiger partial charge in [-0.2, -0.15) is 0 Å². The summed E-state index contributed by atoms with van der Waals surface area (Å²) in [7, 11) is 0. The van der Waals surface area contributed by atoms with E-state index in [1.165, 1.54) is 0 Å². The summed E-state index contributed by atoms with van der Waals surface area (Å²) in [6.45, 7) is 2.16. The van der Waals surface area contributed by atoms with Crippen molar-refractivity contribution in [3.8, 4) is 0 Å². The van der Waals surface area contributed by atoms with Crippen LogP contribution in [0.1, 0.15) is 29.1 Å². The first-order valence-electron chi connectivity index (χ1n) is 4.81. The van der Waals surface area contributed by atoms with Gasteiger partial charge in [0.25, 0.3) is 5.91 Å². The van der Waals surface area contributed by atoms with Gasteiger partial charge in [-0.25, -0.2) is 0 Å². The third kappa shape index (κ3) is 3.60. The number of carbonyl (C=O) groups excluding carboxylic acids is 1. The summed E-state index contributed by atoms with van der Waals surface area (Å²) in [6.07, 6.45) is 1.01. The zero-order valence-corrected chi connectivity index (χ0v) is 8.93. The number of rotatable bonds is 5. The first-order chi connectivity index (χ1) is 7.63. The highest BCUT2D eigenvalue weighted by atomic mass is 16.5. The molecule has 0 fully saturated rings. The Morgan fingerprint density at radius 2 is 2.50 bits per heavy atom. The highest BCUT2D eigenvalue weighted by Crippen LogP contribution is 2.01. The summed E-state index contributed by atoms with van der Waals surface area (Å²) in [5, 5.41) is 17.3. The monoisotopic (exact) mass is 226 g/mol. The lowest BCUT2D eigenvalue weighted by molar-refractivity contribution is 0.0916. The highest BCUT2D eigenvalue weighted by molar-refractivity contribution is 5.91. The molecule has 0 aliphatic heterocycles. The normalized spacial score (nSPS) is 11.4. The number of carbonyl (C=O) groups is 1. The molecule has 7 nitrogen and oxygen atoms in total. The topological polar surface area (TPSA) is 114 Å². The number of aryl methyl sites for hydroxylation is 1. The van der Waals surface area contributed by atoms with E-state index in [-0.39, 0.29) is 17.5 Å². The van der Waals surface area contributed by atoms with Crippen molar-refractivity contribution in [1.82, 2.24) is 10.5 Å². The maximum Gasteiger partial charge on any atom is 0.289 e. The Labute approximate surface area is 92.3 Å². The molecule has 0 spiro atoms. The van der Waals surface area contributed by atoms with Crippen molar-refractivity contribution in [2.24, 2.45) is 10.9 Å². The van der Waals surface area contributed by atoms with E-state index in [9.17, 15) is 4.79 Å². The van der Waals surface area contributed by atoms with E-state index >= 15 is 0 Å². The van der Waals surface area contributed by atoms with E-state index < -0.39 is 0 Å². The van der Waals surface area contributed by atoms with Gasteiger partial charge in [-0.1, -0.05) is 10.3 Å². The lowest BCUT2D eigenvalue weighted by Gasteiger charge is -2.01. The van der Waals surface area contributed by atoms with Crippen LogP contribution in [0.15, 0.2) is 15.7 Å². The number of amides is 1. The second-order valence-electron chi connectivity index (χ2n) is 3.28. The quantitative estimate of drug-likeness (QED) is 0.219. The lowest BCUT2D eigenvalue weighted by atomic mass is 10.3. The van der Waals surface area contributed by atoms with E-state index in [1.54, 1.807) is 13.0 Å². The molecule has 1 rings (SSSR count). The number of hydrogen-bond acceptors (Lipinski definition) is 5. The number of oxime groups is 1. The molecule has 0 bridgehead atoms. The Morgan fingerprint density at radius 3 is 3.06 bits per heavy atom. The SMILES string of the molecule is Cc1cc(C(=O)NCCCC(N)=NO)on1. The summed E-state index contributed by atoms with van der Waals surface area (Å²) in [5.74, 6) is 0.00571. The zero-order chi connectivity index (χ0) is 12.0. The van der Waals surface area contributed by atoms with Gasteiger partial charge < -0.3 is 20.8 Å². The van der Waals surface area contributed by atoms with Gasteiger partial charge in [0.1, 0.15) is 5.84 Å². The van der Waals surface area contributed by atoms with Gasteiger partial charge in [-0.3, -0.25) is 4.79 Å². The van der Waals surface area contributed by atoms with Gasteiger partial charge in [-0.15, -0.1) is 0 Å². The minimum atomic E-state index is -0.319. The zero-order valence-electron chi connectivity index (χ0n) is 8.93. The van der Waals surface area contributed by atoms with Crippen LogP contribution in [0.4, 0.5) is 0 Å². The van der Waals surface area contributed by atoms with E-state index in [0.29, 0.717) is 25.1 Å². The van der Waals surface area contributed by atoms with E-state index in [4.69, 9.17) is 15.5 Å². The second kappa shape index (κ2) is 5.74. The Kier molecular flexibility index (Phi) is 4.31. The molecule has 0 aliphatic carbocycles. The Bertz CT molecular complexity index is 386. The predicted octanol–water partition coefficient (Wildman–Crippen LogP) is 0.239. The fourth-order valence-corrected chi connectivity index (χ4v) is 1.08. The first-order valence-corrected chi connectivity index (χ1v) is 4.81. The molecule has 0 radical (unpaired) electrons. The standard InChI is InChI=1S/C9H14N4O3/c1-6-5-7(16-13-6)9(14)11-4-2-3-8(10)12-15/h5,15H,2-4H2,1H3,(H2,10,12)(H,11,14). The number of aromatic nitrogens is 1. The number of nitrogens with two attached hydrogens (primary N) is 1. The van der Waals surface area contributed by atoms with Crippen LogP contribution >= 0.6 is 0 Å². The maximum atomic E-state index is 11.4. The molecule has 0 saturated heterocycles. The molecular formula is C9H14N4O3. The maximum absolute atomic E-state index is 11.4. The van der Waals surface area contributed by atoms with Crippen molar-refractivity contribution in [3.05, 3.63) is 17.5 Å². The molecule has 7 heteroatoms. The van der Waals surface area contributed by atoms with Crippen molar-refractivity contribution < 1.29 is 14.5 Å². The third-order valence-corrected chi connectivity index (χ3v) is 1.88. The van der Waals surface area contributed by atoms with Gasteiger partial charge in [0.05, 0.1) is 5.69 Å². The van der Waals surface area contributed by atoms with Crippen LogP contribution in [0.5, 0.6) is 0 Å². The van der Waals surface area contributed by atoms with Gasteiger partial charge in [-0.05, 0) is 13.3 Å². The Hall–Kier alpha value is -2.05. The van der Waals surface area contributed by atoms with Crippen LogP contribution in [-0.4, -0.2) is 28.7 Å². The molecule has 0 unspecified atom stereocenters. The molecule has 0 saturated carbocycles. The largest absolute Gasteiger partial charge is 0.409 e. The molecule has 1 aromatic rings. The number of nitrogens with one attached hydrogen (secondary N) is 1. The summed E-state index contributed by atoms with van der Waals surface area (Å²) in [6, 6.07) is 1.55. The van der Waals surface area contributed by atoms with E-state index in [2.05, 4.69) is 15.6 Å². The molecule has 1 heterocycles. The molecule has 0 aliphatic rings. The molecule has 4 N–H and O–H groups in total. The number of amidine groups is 1. The van der Waals surface area contributed by atoms with Crippen LogP contribution in [0.25, 0.3) is 0 Å². The third-order valence-electron chi connectivity index (χ3n) is 1.88. The molecule has 0 atom stereocenters. The minimum absolute atomic E-state index is 0.143. The molecule has 1 aromatic heterocycles. The Morgan fingerprint density at radius 1 is 1.75 bits per heavy atom. The van der Waals surface area contributed by atoms with Crippen molar-refractivity contribution in [3.63, 3.8) is 0 Å². The smallest absolute Gasteiger partial charge is 0.289 e. The second-order valence-corrected chi connectivity index (χ2v) is 3.28. The molecule has 88 valence electrons. The average molecular weight is 226 g/mol. The minimum Gasteiger partial charge on any atom is -0.409 e. The van der Waals surface area contributed by atoms with Gasteiger partial charge in [0.15, 0.2) is 0 Å². The van der Waals surface area contributed by atoms with Crippen molar-refractivity contribution in [2.75, 3.05) is 6.54 Å². The van der Waals surface area contributed by atoms with Crippen molar-refractivity contribution in [1.29, 1.82) is 0 Å². The van der Waals surface area contributed by atoms with Crippen LogP contribution in [0.3, 0.4) is 0 Å². The van der Waals surface area contributed by atoms with Crippen molar-refractivity contribution >= 4 is 11.7 Å². The summed E-state index contributed by atoms with van der Waals surface area (Å²) < 4.78 is 4.77. The average Bonchev–Trinajstić information content (AvgIpc) is 2.70. The Balaban J connectivity index is 2.26. The fourth-order valence-electron chi connectivity index (χ4n) is 1.08. The summed E-state index contributed by atoms with van der Waals surface area (Å²) >= 11 is 0. The van der Waals surface area contributed by atoms with Gasteiger partial charge >= 0.3 is 0 Å². The number of nitrogens with zero attached hydrogens (tertiary/aromatic N) is 2. The van der Waals surface area contributed by atoms with Crippen LogP contribution < -0.4 is 11.1 Å². The number of hydrogen-bond donors (Lipinski definition) is 3. The molecule has 1 amide bonds. The van der Waals surface area contributed by atoms with Crippen LogP contribution in [0, 0.1) is 6.92 Å². The molecule has 0 aromatic carbocycles.